The van der Waals surface area contributed by atoms with E-state index < -0.39 is 4.92 Å². The average Bonchev–Trinajstić information content (AvgIpc) is 3.00. The lowest BCUT2D eigenvalue weighted by molar-refractivity contribution is -0.384. The number of halogens is 1. The van der Waals surface area contributed by atoms with E-state index in [9.17, 15) is 10.1 Å². The second-order valence-corrected chi connectivity index (χ2v) is 6.79. The second kappa shape index (κ2) is 8.20. The maximum Gasteiger partial charge on any atom is 0.269 e. The Bertz CT molecular complexity index is 897. The van der Waals surface area contributed by atoms with E-state index in [2.05, 4.69) is 10.2 Å². The van der Waals surface area contributed by atoms with E-state index in [-0.39, 0.29) is 12.3 Å². The second-order valence-electron chi connectivity index (χ2n) is 5.41. The van der Waals surface area contributed by atoms with Crippen LogP contribution >= 0.6 is 23.4 Å². The standard InChI is InChI=1S/C17H15ClN4O3S/c1-21-16(10-25-15-8-6-14(7-9-15)22(23)24)19-20-17(21)26-11-12-2-4-13(18)5-3-12/h2-9H,10-11H2,1H3. The molecule has 0 fully saturated rings. The minimum absolute atomic E-state index is 0.0249. The van der Waals surface area contributed by atoms with E-state index in [1.165, 1.54) is 12.1 Å². The summed E-state index contributed by atoms with van der Waals surface area (Å²) < 4.78 is 7.49. The Morgan fingerprint density at radius 1 is 1.15 bits per heavy atom. The molecule has 1 aromatic heterocycles. The number of non-ortho nitro benzene ring substituents is 1. The Hall–Kier alpha value is -2.58. The Balaban J connectivity index is 1.58. The van der Waals surface area contributed by atoms with Crippen LogP contribution < -0.4 is 4.74 Å². The number of nitrogens with zero attached hydrogens (tertiary/aromatic N) is 4. The van der Waals surface area contributed by atoms with Crippen molar-refractivity contribution in [2.24, 2.45) is 7.05 Å². The van der Waals surface area contributed by atoms with E-state index in [1.807, 2.05) is 35.9 Å². The lowest BCUT2D eigenvalue weighted by Crippen LogP contribution is -2.04. The molecule has 0 saturated heterocycles. The fraction of sp³-hybridized carbons (Fsp3) is 0.176. The highest BCUT2D eigenvalue weighted by Gasteiger charge is 2.11. The zero-order valence-electron chi connectivity index (χ0n) is 13.8. The van der Waals surface area contributed by atoms with Crippen molar-refractivity contribution in [2.45, 2.75) is 17.5 Å². The molecule has 1 heterocycles. The molecule has 7 nitrogen and oxygen atoms in total. The van der Waals surface area contributed by atoms with Crippen LogP contribution in [-0.4, -0.2) is 19.7 Å². The molecule has 0 aliphatic heterocycles. The van der Waals surface area contributed by atoms with E-state index in [0.29, 0.717) is 16.6 Å². The van der Waals surface area contributed by atoms with Gasteiger partial charge in [0, 0.05) is 30.0 Å². The van der Waals surface area contributed by atoms with Gasteiger partial charge in [-0.1, -0.05) is 35.5 Å². The maximum absolute atomic E-state index is 10.7. The summed E-state index contributed by atoms with van der Waals surface area (Å²) in [6.45, 7) is 0.225. The summed E-state index contributed by atoms with van der Waals surface area (Å²) in [4.78, 5) is 10.2. The van der Waals surface area contributed by atoms with Gasteiger partial charge in [-0.05, 0) is 29.8 Å². The molecule has 3 rings (SSSR count). The summed E-state index contributed by atoms with van der Waals surface area (Å²) in [7, 11) is 1.87. The molecule has 0 spiro atoms. The first-order valence-electron chi connectivity index (χ1n) is 7.65. The largest absolute Gasteiger partial charge is 0.486 e. The predicted octanol–water partition coefficient (Wildman–Crippen LogP) is 4.25. The summed E-state index contributed by atoms with van der Waals surface area (Å²) in [5, 5.41) is 20.5. The number of ether oxygens (including phenoxy) is 1. The summed E-state index contributed by atoms with van der Waals surface area (Å²) in [5.41, 5.74) is 1.17. The molecule has 0 atom stereocenters. The van der Waals surface area contributed by atoms with Gasteiger partial charge in [-0.3, -0.25) is 10.1 Å². The van der Waals surface area contributed by atoms with Crippen molar-refractivity contribution in [1.29, 1.82) is 0 Å². The molecule has 0 N–H and O–H groups in total. The van der Waals surface area contributed by atoms with Gasteiger partial charge in [0.2, 0.25) is 0 Å². The van der Waals surface area contributed by atoms with Gasteiger partial charge in [0.1, 0.15) is 12.4 Å². The van der Waals surface area contributed by atoms with Crippen LogP contribution in [0.3, 0.4) is 0 Å². The van der Waals surface area contributed by atoms with Crippen molar-refractivity contribution >= 4 is 29.1 Å². The number of benzene rings is 2. The van der Waals surface area contributed by atoms with Crippen LogP contribution in [-0.2, 0) is 19.4 Å². The number of hydrogen-bond acceptors (Lipinski definition) is 6. The fourth-order valence-electron chi connectivity index (χ4n) is 2.14. The molecule has 0 aliphatic rings. The number of nitro benzene ring substituents is 1. The number of hydrogen-bond donors (Lipinski definition) is 0. The first kappa shape index (κ1) is 18.2. The first-order valence-corrected chi connectivity index (χ1v) is 9.02. The third-order valence-corrected chi connectivity index (χ3v) is 4.97. The lowest BCUT2D eigenvalue weighted by atomic mass is 10.2. The fourth-order valence-corrected chi connectivity index (χ4v) is 3.15. The van der Waals surface area contributed by atoms with Crippen molar-refractivity contribution in [3.63, 3.8) is 0 Å². The zero-order valence-corrected chi connectivity index (χ0v) is 15.4. The quantitative estimate of drug-likeness (QED) is 0.340. The van der Waals surface area contributed by atoms with Gasteiger partial charge < -0.3 is 9.30 Å². The topological polar surface area (TPSA) is 83.1 Å². The molecular formula is C17H15ClN4O3S. The first-order chi connectivity index (χ1) is 12.5. The molecule has 3 aromatic rings. The van der Waals surface area contributed by atoms with Crippen LogP contribution in [0.2, 0.25) is 5.02 Å². The normalized spacial score (nSPS) is 10.7. The summed E-state index contributed by atoms with van der Waals surface area (Å²) in [6.07, 6.45) is 0. The van der Waals surface area contributed by atoms with Crippen LogP contribution in [0, 0.1) is 10.1 Å². The summed E-state index contributed by atoms with van der Waals surface area (Å²) >= 11 is 7.46. The highest BCUT2D eigenvalue weighted by atomic mass is 35.5. The van der Waals surface area contributed by atoms with Crippen molar-refractivity contribution in [3.8, 4) is 5.75 Å². The van der Waals surface area contributed by atoms with Gasteiger partial charge in [0.05, 0.1) is 4.92 Å². The maximum atomic E-state index is 10.7. The Labute approximate surface area is 159 Å². The summed E-state index contributed by atoms with van der Waals surface area (Å²) in [5.74, 6) is 1.96. The number of rotatable bonds is 7. The van der Waals surface area contributed by atoms with Crippen molar-refractivity contribution in [1.82, 2.24) is 14.8 Å². The SMILES string of the molecule is Cn1c(COc2ccc([N+](=O)[O-])cc2)nnc1SCc1ccc(Cl)cc1. The highest BCUT2D eigenvalue weighted by molar-refractivity contribution is 7.98. The smallest absolute Gasteiger partial charge is 0.269 e. The molecule has 0 aliphatic carbocycles. The van der Waals surface area contributed by atoms with Gasteiger partial charge >= 0.3 is 0 Å². The highest BCUT2D eigenvalue weighted by Crippen LogP contribution is 2.23. The number of nitro groups is 1. The van der Waals surface area contributed by atoms with E-state index in [1.54, 1.807) is 23.9 Å². The van der Waals surface area contributed by atoms with Gasteiger partial charge in [-0.15, -0.1) is 10.2 Å². The van der Waals surface area contributed by atoms with Gasteiger partial charge in [-0.2, -0.15) is 0 Å². The van der Waals surface area contributed by atoms with Gasteiger partial charge in [-0.25, -0.2) is 0 Å². The molecular weight excluding hydrogens is 376 g/mol. The molecule has 0 saturated carbocycles. The minimum Gasteiger partial charge on any atom is -0.486 e. The van der Waals surface area contributed by atoms with E-state index in [0.717, 1.165) is 16.5 Å². The van der Waals surface area contributed by atoms with E-state index in [4.69, 9.17) is 16.3 Å². The molecule has 0 unspecified atom stereocenters. The molecule has 134 valence electrons. The van der Waals surface area contributed by atoms with Gasteiger partial charge in [0.15, 0.2) is 11.0 Å². The van der Waals surface area contributed by atoms with Crippen molar-refractivity contribution in [3.05, 3.63) is 75.1 Å². The van der Waals surface area contributed by atoms with Crippen LogP contribution in [0.4, 0.5) is 5.69 Å². The monoisotopic (exact) mass is 390 g/mol. The predicted molar refractivity (Wildman–Crippen MR) is 99.4 cm³/mol. The van der Waals surface area contributed by atoms with Crippen LogP contribution in [0.15, 0.2) is 53.7 Å². The Kier molecular flexibility index (Phi) is 5.75. The van der Waals surface area contributed by atoms with Crippen molar-refractivity contribution in [2.75, 3.05) is 0 Å². The third-order valence-electron chi connectivity index (χ3n) is 3.62. The zero-order chi connectivity index (χ0) is 18.5. The van der Waals surface area contributed by atoms with E-state index >= 15 is 0 Å². The van der Waals surface area contributed by atoms with Crippen LogP contribution in [0.1, 0.15) is 11.4 Å². The number of aromatic nitrogens is 3. The molecule has 0 bridgehead atoms. The lowest BCUT2D eigenvalue weighted by Gasteiger charge is -2.06. The third kappa shape index (κ3) is 4.53. The molecule has 0 radical (unpaired) electrons. The Morgan fingerprint density at radius 2 is 1.85 bits per heavy atom. The molecule has 0 amide bonds. The van der Waals surface area contributed by atoms with Crippen LogP contribution in [0.5, 0.6) is 5.75 Å². The molecule has 9 heteroatoms. The Morgan fingerprint density at radius 3 is 2.50 bits per heavy atom. The molecule has 2 aromatic carbocycles. The van der Waals surface area contributed by atoms with Gasteiger partial charge in [0.25, 0.3) is 5.69 Å². The van der Waals surface area contributed by atoms with Crippen LogP contribution in [0.25, 0.3) is 0 Å². The summed E-state index contributed by atoms with van der Waals surface area (Å²) in [6, 6.07) is 13.6. The molecule has 26 heavy (non-hydrogen) atoms. The van der Waals surface area contributed by atoms with Crippen molar-refractivity contribution < 1.29 is 9.66 Å². The number of thioether (sulfide) groups is 1. The minimum atomic E-state index is -0.448. The average molecular weight is 391 g/mol.